The van der Waals surface area contributed by atoms with Crippen molar-refractivity contribution >= 4 is 0 Å². The predicted molar refractivity (Wildman–Crippen MR) is 51.3 cm³/mol. The Balaban J connectivity index is 0.000000853. The van der Waals surface area contributed by atoms with Gasteiger partial charge < -0.3 is 5.43 Å². The van der Waals surface area contributed by atoms with Gasteiger partial charge in [-0.2, -0.15) is 0 Å². The fourth-order valence-electron chi connectivity index (χ4n) is 4.36. The standard InChI is InChI=1S/C10H15N2O2.Na/c13-12(14)11-10-4-7-1-8(5-10)3-9(2-7)6-10;/h7-9H,1-6H2;/q-1;+1. The van der Waals surface area contributed by atoms with Gasteiger partial charge in [0, 0.05) is 0 Å². The van der Waals surface area contributed by atoms with Crippen LogP contribution < -0.4 is 29.6 Å². The number of rotatable bonds is 2. The third-order valence-electron chi connectivity index (χ3n) is 4.30. The van der Waals surface area contributed by atoms with E-state index in [0.29, 0.717) is 0 Å². The Morgan fingerprint density at radius 1 is 1.07 bits per heavy atom. The maximum atomic E-state index is 10.5. The molecule has 78 valence electrons. The molecule has 0 radical (unpaired) electrons. The minimum atomic E-state index is -0.451. The Hall–Kier alpha value is 0.200. The van der Waals surface area contributed by atoms with Crippen LogP contribution in [-0.4, -0.2) is 10.6 Å². The normalized spacial score (nSPS) is 46.0. The third kappa shape index (κ3) is 2.04. The van der Waals surface area contributed by atoms with Gasteiger partial charge in [-0.1, -0.05) is 24.8 Å². The fraction of sp³-hybridized carbons (Fsp3) is 1.00. The van der Waals surface area contributed by atoms with Crippen molar-refractivity contribution < 1.29 is 34.6 Å². The first-order valence-electron chi connectivity index (χ1n) is 5.52. The van der Waals surface area contributed by atoms with Crippen molar-refractivity contribution in [3.8, 4) is 0 Å². The van der Waals surface area contributed by atoms with Crippen LogP contribution in [0.25, 0.3) is 5.43 Å². The smallest absolute Gasteiger partial charge is 0.372 e. The van der Waals surface area contributed by atoms with Crippen molar-refractivity contribution in [3.05, 3.63) is 15.5 Å². The van der Waals surface area contributed by atoms with E-state index in [1.807, 2.05) is 0 Å². The first kappa shape index (κ1) is 11.7. The molecule has 4 fully saturated rings. The molecule has 0 aliphatic heterocycles. The first-order valence-corrected chi connectivity index (χ1v) is 5.52. The van der Waals surface area contributed by atoms with Crippen LogP contribution >= 0.6 is 0 Å². The predicted octanol–water partition coefficient (Wildman–Crippen LogP) is -0.475. The summed E-state index contributed by atoms with van der Waals surface area (Å²) >= 11 is 0. The molecule has 0 heterocycles. The second-order valence-corrected chi connectivity index (χ2v) is 5.48. The summed E-state index contributed by atoms with van der Waals surface area (Å²) in [5.74, 6) is 2.22. The van der Waals surface area contributed by atoms with E-state index in [9.17, 15) is 10.1 Å². The number of hydrogen-bond acceptors (Lipinski definition) is 2. The van der Waals surface area contributed by atoms with Gasteiger partial charge in [-0.25, -0.2) is 0 Å². The Bertz CT molecular complexity index is 247. The molecule has 4 rings (SSSR count). The molecule has 4 bridgehead atoms. The quantitative estimate of drug-likeness (QED) is 0.357. The van der Waals surface area contributed by atoms with Gasteiger partial charge in [-0.05, 0) is 42.0 Å². The molecular weight excluding hydrogens is 203 g/mol. The van der Waals surface area contributed by atoms with Gasteiger partial charge in [0.2, 0.25) is 0 Å². The summed E-state index contributed by atoms with van der Waals surface area (Å²) < 4.78 is 0. The summed E-state index contributed by atoms with van der Waals surface area (Å²) in [6.45, 7) is 0. The SMILES string of the molecule is O=[N+]([O-])[N-]C12CC3CC(CC(C3)C1)C2.[Na+]. The molecule has 0 aromatic carbocycles. The Labute approximate surface area is 112 Å². The van der Waals surface area contributed by atoms with Gasteiger partial charge in [0.1, 0.15) is 0 Å². The van der Waals surface area contributed by atoms with E-state index in [0.717, 1.165) is 37.0 Å². The molecule has 4 nitrogen and oxygen atoms in total. The zero-order valence-electron chi connectivity index (χ0n) is 9.19. The van der Waals surface area contributed by atoms with Crippen molar-refractivity contribution in [2.45, 2.75) is 44.1 Å². The van der Waals surface area contributed by atoms with Crippen LogP contribution in [-0.2, 0) is 0 Å². The molecule has 4 aliphatic rings. The molecule has 0 aromatic heterocycles. The summed E-state index contributed by atoms with van der Waals surface area (Å²) in [6.07, 6.45) is 6.89. The second-order valence-electron chi connectivity index (χ2n) is 5.48. The molecule has 4 saturated carbocycles. The van der Waals surface area contributed by atoms with E-state index in [2.05, 4.69) is 5.43 Å². The number of nitrogens with zero attached hydrogens (tertiary/aromatic N) is 2. The van der Waals surface area contributed by atoms with Crippen LogP contribution in [0.5, 0.6) is 0 Å². The molecule has 0 aromatic rings. The average molecular weight is 218 g/mol. The van der Waals surface area contributed by atoms with Crippen LogP contribution in [0, 0.1) is 27.9 Å². The summed E-state index contributed by atoms with van der Waals surface area (Å²) in [5, 5.41) is 10.1. The molecule has 5 heteroatoms. The maximum Gasteiger partial charge on any atom is 1.00 e. The maximum absolute atomic E-state index is 10.5. The van der Waals surface area contributed by atoms with Crippen molar-refractivity contribution in [3.63, 3.8) is 0 Å². The molecule has 4 aliphatic carbocycles. The van der Waals surface area contributed by atoms with Crippen molar-refractivity contribution in [2.75, 3.05) is 0 Å². The molecule has 0 saturated heterocycles. The second kappa shape index (κ2) is 3.90. The largest absolute Gasteiger partial charge is 1.00 e. The molecule has 0 spiro atoms. The van der Waals surface area contributed by atoms with E-state index in [1.54, 1.807) is 0 Å². The van der Waals surface area contributed by atoms with Crippen LogP contribution in [0.15, 0.2) is 0 Å². The minimum absolute atomic E-state index is 0. The molecular formula is C10H15N2NaO2. The van der Waals surface area contributed by atoms with Crippen molar-refractivity contribution in [1.82, 2.24) is 0 Å². The minimum Gasteiger partial charge on any atom is -0.372 e. The molecule has 0 unspecified atom stereocenters. The zero-order chi connectivity index (χ0) is 9.76. The fourth-order valence-corrected chi connectivity index (χ4v) is 4.36. The van der Waals surface area contributed by atoms with Gasteiger partial charge in [0.15, 0.2) is 0 Å². The van der Waals surface area contributed by atoms with Crippen LogP contribution in [0.2, 0.25) is 0 Å². The molecule has 15 heavy (non-hydrogen) atoms. The number of hydrogen-bond donors (Lipinski definition) is 0. The summed E-state index contributed by atoms with van der Waals surface area (Å²) in [4.78, 5) is 10.5. The van der Waals surface area contributed by atoms with E-state index in [1.165, 1.54) is 19.3 Å². The van der Waals surface area contributed by atoms with Crippen molar-refractivity contribution in [1.29, 1.82) is 0 Å². The van der Waals surface area contributed by atoms with Gasteiger partial charge in [-0.15, -0.1) is 0 Å². The molecule has 0 N–H and O–H groups in total. The monoisotopic (exact) mass is 218 g/mol. The third-order valence-corrected chi connectivity index (χ3v) is 4.30. The summed E-state index contributed by atoms with van der Waals surface area (Å²) in [5.41, 5.74) is 3.54. The summed E-state index contributed by atoms with van der Waals surface area (Å²) in [6, 6.07) is 0. The first-order chi connectivity index (χ1) is 6.65. The topological polar surface area (TPSA) is 57.2 Å². The van der Waals surface area contributed by atoms with Gasteiger partial charge in [0.05, 0.1) is 0 Å². The van der Waals surface area contributed by atoms with E-state index in [4.69, 9.17) is 0 Å². The summed E-state index contributed by atoms with van der Waals surface area (Å²) in [7, 11) is 0. The van der Waals surface area contributed by atoms with E-state index >= 15 is 0 Å². The average Bonchev–Trinajstić information content (AvgIpc) is 1.96. The van der Waals surface area contributed by atoms with Crippen LogP contribution in [0.3, 0.4) is 0 Å². The van der Waals surface area contributed by atoms with E-state index < -0.39 is 5.03 Å². The van der Waals surface area contributed by atoms with Crippen molar-refractivity contribution in [2.24, 2.45) is 17.8 Å². The Morgan fingerprint density at radius 3 is 1.80 bits per heavy atom. The number of nitro groups is 1. The van der Waals surface area contributed by atoms with Crippen LogP contribution in [0.4, 0.5) is 0 Å². The Kier molecular flexibility index (Phi) is 3.03. The Morgan fingerprint density at radius 2 is 1.47 bits per heavy atom. The van der Waals surface area contributed by atoms with Crippen LogP contribution in [0.1, 0.15) is 38.5 Å². The van der Waals surface area contributed by atoms with Gasteiger partial charge in [0.25, 0.3) is 0 Å². The van der Waals surface area contributed by atoms with E-state index in [-0.39, 0.29) is 35.1 Å². The van der Waals surface area contributed by atoms with Gasteiger partial charge >= 0.3 is 29.6 Å². The molecule has 0 amide bonds. The zero-order valence-corrected chi connectivity index (χ0v) is 11.2. The molecule has 0 atom stereocenters. The van der Waals surface area contributed by atoms with Gasteiger partial charge in [-0.3, -0.25) is 10.1 Å².